The molecular formula is C9H11N3S. The molecule has 0 aliphatic rings. The zero-order valence-electron chi connectivity index (χ0n) is 7.10. The maximum absolute atomic E-state index is 5.74. The van der Waals surface area contributed by atoms with Gasteiger partial charge in [0.2, 0.25) is 0 Å². The Morgan fingerprint density at radius 3 is 2.77 bits per heavy atom. The first kappa shape index (κ1) is 8.19. The minimum Gasteiger partial charge on any atom is -0.398 e. The van der Waals surface area contributed by atoms with Gasteiger partial charge in [0.25, 0.3) is 0 Å². The molecule has 2 rings (SSSR count). The van der Waals surface area contributed by atoms with E-state index in [1.165, 1.54) is 4.88 Å². The van der Waals surface area contributed by atoms with Crippen molar-refractivity contribution in [3.8, 4) is 0 Å². The van der Waals surface area contributed by atoms with Crippen molar-refractivity contribution in [2.24, 2.45) is 0 Å². The van der Waals surface area contributed by atoms with E-state index in [0.29, 0.717) is 0 Å². The Morgan fingerprint density at radius 1 is 1.38 bits per heavy atom. The van der Waals surface area contributed by atoms with E-state index in [0.717, 1.165) is 12.2 Å². The Kier molecular flexibility index (Phi) is 2.23. The van der Waals surface area contributed by atoms with Crippen LogP contribution in [-0.2, 0) is 6.54 Å². The lowest BCUT2D eigenvalue weighted by atomic mass is 10.4. The van der Waals surface area contributed by atoms with Crippen LogP contribution in [-0.4, -0.2) is 4.68 Å². The molecule has 0 saturated carbocycles. The number of aromatic nitrogens is 1. The van der Waals surface area contributed by atoms with E-state index in [9.17, 15) is 0 Å². The van der Waals surface area contributed by atoms with Crippen LogP contribution in [0.5, 0.6) is 0 Å². The summed E-state index contributed by atoms with van der Waals surface area (Å²) in [5.41, 5.74) is 9.82. The van der Waals surface area contributed by atoms with Crippen molar-refractivity contribution in [2.45, 2.75) is 6.54 Å². The predicted molar refractivity (Wildman–Crippen MR) is 56.2 cm³/mol. The van der Waals surface area contributed by atoms with Crippen LogP contribution in [0.3, 0.4) is 0 Å². The van der Waals surface area contributed by atoms with Gasteiger partial charge >= 0.3 is 0 Å². The first-order valence-electron chi connectivity index (χ1n) is 4.05. The van der Waals surface area contributed by atoms with Crippen molar-refractivity contribution in [1.82, 2.24) is 4.68 Å². The van der Waals surface area contributed by atoms with E-state index in [1.807, 2.05) is 40.6 Å². The summed E-state index contributed by atoms with van der Waals surface area (Å²) in [4.78, 5) is 1.17. The van der Waals surface area contributed by atoms with Crippen molar-refractivity contribution < 1.29 is 0 Å². The van der Waals surface area contributed by atoms with Gasteiger partial charge in [-0.15, -0.1) is 11.3 Å². The van der Waals surface area contributed by atoms with Crippen molar-refractivity contribution >= 4 is 17.0 Å². The number of nitrogens with zero attached hydrogens (tertiary/aromatic N) is 1. The first-order valence-corrected chi connectivity index (χ1v) is 4.93. The lowest BCUT2D eigenvalue weighted by molar-refractivity contribution is 0.856. The lowest BCUT2D eigenvalue weighted by Gasteiger charge is -2.05. The van der Waals surface area contributed by atoms with Gasteiger partial charge in [-0.1, -0.05) is 0 Å². The molecule has 0 unspecified atom stereocenters. The van der Waals surface area contributed by atoms with Crippen molar-refractivity contribution in [2.75, 3.05) is 11.2 Å². The average molecular weight is 193 g/mol. The van der Waals surface area contributed by atoms with Crippen LogP contribution >= 0.6 is 11.3 Å². The van der Waals surface area contributed by atoms with Gasteiger partial charge in [-0.05, 0) is 23.6 Å². The molecule has 3 N–H and O–H groups in total. The number of thiophene rings is 1. The fourth-order valence-electron chi connectivity index (χ4n) is 1.10. The van der Waals surface area contributed by atoms with E-state index < -0.39 is 0 Å². The quantitative estimate of drug-likeness (QED) is 0.781. The van der Waals surface area contributed by atoms with E-state index >= 15 is 0 Å². The molecular weight excluding hydrogens is 182 g/mol. The van der Waals surface area contributed by atoms with Gasteiger partial charge in [-0.3, -0.25) is 4.68 Å². The van der Waals surface area contributed by atoms with Crippen molar-refractivity contribution in [3.05, 3.63) is 40.8 Å². The second-order valence-electron chi connectivity index (χ2n) is 2.72. The number of nitrogen functional groups attached to an aromatic ring is 1. The smallest absolute Gasteiger partial charge is 0.0677 e. The summed E-state index contributed by atoms with van der Waals surface area (Å²) < 4.78 is 1.92. The molecule has 0 bridgehead atoms. The van der Waals surface area contributed by atoms with Gasteiger partial charge in [-0.25, -0.2) is 0 Å². The number of nitrogens with one attached hydrogen (secondary N) is 1. The minimum atomic E-state index is 0.776. The standard InChI is InChI=1S/C9H11N3S/c10-8-3-6-13-9(8)7-11-12-4-1-2-5-12/h1-6,11H,7,10H2. The molecule has 2 aromatic heterocycles. The van der Waals surface area contributed by atoms with E-state index in [1.54, 1.807) is 11.3 Å². The fourth-order valence-corrected chi connectivity index (χ4v) is 1.83. The summed E-state index contributed by atoms with van der Waals surface area (Å²) in [7, 11) is 0. The van der Waals surface area contributed by atoms with Gasteiger partial charge in [-0.2, -0.15) is 0 Å². The molecule has 0 aliphatic carbocycles. The third kappa shape index (κ3) is 1.84. The third-order valence-electron chi connectivity index (χ3n) is 1.81. The monoisotopic (exact) mass is 193 g/mol. The molecule has 4 heteroatoms. The Labute approximate surface area is 80.8 Å². The SMILES string of the molecule is Nc1ccsc1CNn1cccc1. The number of nitrogens with two attached hydrogens (primary N) is 1. The zero-order chi connectivity index (χ0) is 9.10. The van der Waals surface area contributed by atoms with Crippen molar-refractivity contribution in [3.63, 3.8) is 0 Å². The highest BCUT2D eigenvalue weighted by molar-refractivity contribution is 7.10. The van der Waals surface area contributed by atoms with Crippen LogP contribution in [0.15, 0.2) is 36.0 Å². The Hall–Kier alpha value is -1.42. The zero-order valence-corrected chi connectivity index (χ0v) is 7.92. The molecule has 0 atom stereocenters. The summed E-state index contributed by atoms with van der Waals surface area (Å²) in [6, 6.07) is 5.88. The Morgan fingerprint density at radius 2 is 2.15 bits per heavy atom. The highest BCUT2D eigenvalue weighted by Crippen LogP contribution is 2.18. The van der Waals surface area contributed by atoms with Crippen LogP contribution in [0.4, 0.5) is 5.69 Å². The lowest BCUT2D eigenvalue weighted by Crippen LogP contribution is -2.11. The van der Waals surface area contributed by atoms with Gasteiger partial charge in [0.15, 0.2) is 0 Å². The molecule has 13 heavy (non-hydrogen) atoms. The van der Waals surface area contributed by atoms with E-state index in [-0.39, 0.29) is 0 Å². The second-order valence-corrected chi connectivity index (χ2v) is 3.72. The summed E-state index contributed by atoms with van der Waals surface area (Å²) in [6.07, 6.45) is 3.92. The molecule has 3 nitrogen and oxygen atoms in total. The van der Waals surface area contributed by atoms with Crippen LogP contribution < -0.4 is 11.2 Å². The summed E-state index contributed by atoms with van der Waals surface area (Å²) in [6.45, 7) is 0.776. The van der Waals surface area contributed by atoms with E-state index in [4.69, 9.17) is 5.73 Å². The van der Waals surface area contributed by atoms with E-state index in [2.05, 4.69) is 5.43 Å². The largest absolute Gasteiger partial charge is 0.398 e. The van der Waals surface area contributed by atoms with Crippen LogP contribution in [0.1, 0.15) is 4.88 Å². The average Bonchev–Trinajstić information content (AvgIpc) is 2.72. The fraction of sp³-hybridized carbons (Fsp3) is 0.111. The minimum absolute atomic E-state index is 0.776. The Balaban J connectivity index is 1.97. The number of rotatable bonds is 3. The molecule has 0 saturated heterocycles. The number of hydrogen-bond donors (Lipinski definition) is 2. The first-order chi connectivity index (χ1) is 6.36. The molecule has 0 radical (unpaired) electrons. The molecule has 0 amide bonds. The highest BCUT2D eigenvalue weighted by Gasteiger charge is 1.98. The molecule has 0 aliphatic heterocycles. The van der Waals surface area contributed by atoms with Gasteiger partial charge in [0.05, 0.1) is 6.54 Å². The molecule has 2 heterocycles. The molecule has 0 fully saturated rings. The summed E-state index contributed by atoms with van der Waals surface area (Å²) >= 11 is 1.67. The van der Waals surface area contributed by atoms with Gasteiger partial charge < -0.3 is 11.2 Å². The van der Waals surface area contributed by atoms with Gasteiger partial charge in [0, 0.05) is 23.0 Å². The molecule has 0 spiro atoms. The van der Waals surface area contributed by atoms with Crippen LogP contribution in [0.2, 0.25) is 0 Å². The second kappa shape index (κ2) is 3.53. The van der Waals surface area contributed by atoms with Gasteiger partial charge in [0.1, 0.15) is 0 Å². The number of hydrogen-bond acceptors (Lipinski definition) is 3. The molecule has 2 aromatic rings. The summed E-state index contributed by atoms with van der Waals surface area (Å²) in [5, 5.41) is 2.00. The summed E-state index contributed by atoms with van der Waals surface area (Å²) in [5.74, 6) is 0. The van der Waals surface area contributed by atoms with Crippen LogP contribution in [0.25, 0.3) is 0 Å². The maximum Gasteiger partial charge on any atom is 0.0677 e. The maximum atomic E-state index is 5.74. The Bertz CT molecular complexity index is 364. The molecule has 68 valence electrons. The molecule has 0 aromatic carbocycles. The third-order valence-corrected chi connectivity index (χ3v) is 2.74. The predicted octanol–water partition coefficient (Wildman–Crippen LogP) is 1.88. The topological polar surface area (TPSA) is 43.0 Å². The highest BCUT2D eigenvalue weighted by atomic mass is 32.1. The normalized spacial score (nSPS) is 10.2. The number of anilines is 1. The van der Waals surface area contributed by atoms with Crippen LogP contribution in [0, 0.1) is 0 Å². The van der Waals surface area contributed by atoms with Crippen molar-refractivity contribution in [1.29, 1.82) is 0 Å².